The molecule has 0 radical (unpaired) electrons. The van der Waals surface area contributed by atoms with Crippen molar-refractivity contribution in [3.63, 3.8) is 0 Å². The topological polar surface area (TPSA) is 0 Å². The van der Waals surface area contributed by atoms with Crippen molar-refractivity contribution in [1.29, 1.82) is 0 Å². The summed E-state index contributed by atoms with van der Waals surface area (Å²) in [5.41, 5.74) is 1.65. The van der Waals surface area contributed by atoms with Gasteiger partial charge in [-0.3, -0.25) is 0 Å². The molecule has 22 heavy (non-hydrogen) atoms. The van der Waals surface area contributed by atoms with E-state index in [1.807, 2.05) is 22.7 Å². The molecule has 1 aliphatic carbocycles. The fraction of sp³-hybridized carbons (Fsp3) is 0.158. The lowest BCUT2D eigenvalue weighted by molar-refractivity contribution is 0.751. The highest BCUT2D eigenvalue weighted by Crippen LogP contribution is 2.60. The number of thiophene rings is 2. The van der Waals surface area contributed by atoms with Crippen LogP contribution in [0.25, 0.3) is 47.1 Å². The first kappa shape index (κ1) is 11.3. The molecule has 0 saturated carbocycles. The van der Waals surface area contributed by atoms with Gasteiger partial charge in [-0.05, 0) is 35.7 Å². The zero-order chi connectivity index (χ0) is 14.2. The summed E-state index contributed by atoms with van der Waals surface area (Å²) in [4.78, 5) is 1.51. The third-order valence-corrected chi connectivity index (χ3v) is 9.17. The van der Waals surface area contributed by atoms with Gasteiger partial charge in [-0.2, -0.15) is 0 Å². The van der Waals surface area contributed by atoms with Crippen LogP contribution in [0.3, 0.4) is 0 Å². The van der Waals surface area contributed by atoms with E-state index in [4.69, 9.17) is 0 Å². The van der Waals surface area contributed by atoms with Gasteiger partial charge in [-0.25, -0.2) is 0 Å². The normalized spacial score (nSPS) is 23.0. The predicted molar refractivity (Wildman–Crippen MR) is 101 cm³/mol. The Labute approximate surface area is 138 Å². The molecule has 1 aliphatic heterocycles. The molecule has 3 heteroatoms. The SMILES string of the molecule is CC1C=c2sc3ccc4sc5ccc6c7c(c2c3c4c57)C1S6. The Hall–Kier alpha value is -1.29. The minimum Gasteiger partial charge on any atom is -0.135 e. The fourth-order valence-electron chi connectivity index (χ4n) is 4.59. The summed E-state index contributed by atoms with van der Waals surface area (Å²) in [5.74, 6) is 0.624. The smallest absolute Gasteiger partial charge is 0.0418 e. The maximum atomic E-state index is 2.52. The number of benzene rings is 3. The highest BCUT2D eigenvalue weighted by Gasteiger charge is 2.36. The van der Waals surface area contributed by atoms with Crippen molar-refractivity contribution in [2.24, 2.45) is 5.92 Å². The second-order valence-corrected chi connectivity index (χ2v) is 9.90. The monoisotopic (exact) mass is 334 g/mol. The Balaban J connectivity index is 2.03. The molecule has 2 aromatic heterocycles. The van der Waals surface area contributed by atoms with Crippen LogP contribution in [-0.2, 0) is 0 Å². The maximum Gasteiger partial charge on any atom is 0.0418 e. The van der Waals surface area contributed by atoms with Gasteiger partial charge in [0, 0.05) is 55.7 Å². The summed E-state index contributed by atoms with van der Waals surface area (Å²) in [6.07, 6.45) is 2.52. The second kappa shape index (κ2) is 3.30. The van der Waals surface area contributed by atoms with E-state index in [1.165, 1.54) is 23.5 Å². The minimum absolute atomic E-state index is 0.620. The van der Waals surface area contributed by atoms with Crippen LogP contribution >= 0.6 is 34.4 Å². The summed E-state index contributed by atoms with van der Waals surface area (Å²) in [6.45, 7) is 2.39. The molecular weight excluding hydrogens is 324 g/mol. The van der Waals surface area contributed by atoms with Crippen molar-refractivity contribution in [2.45, 2.75) is 17.1 Å². The predicted octanol–water partition coefficient (Wildman–Crippen LogP) is 6.16. The third kappa shape index (κ3) is 0.997. The Kier molecular flexibility index (Phi) is 1.69. The van der Waals surface area contributed by atoms with Crippen LogP contribution in [0.2, 0.25) is 0 Å². The van der Waals surface area contributed by atoms with Crippen LogP contribution in [0, 0.1) is 5.92 Å². The van der Waals surface area contributed by atoms with Gasteiger partial charge in [0.05, 0.1) is 0 Å². The van der Waals surface area contributed by atoms with Crippen molar-refractivity contribution in [1.82, 2.24) is 0 Å². The van der Waals surface area contributed by atoms with Crippen LogP contribution in [0.5, 0.6) is 0 Å². The van der Waals surface area contributed by atoms with Gasteiger partial charge in [-0.1, -0.05) is 13.0 Å². The van der Waals surface area contributed by atoms with Gasteiger partial charge in [0.1, 0.15) is 0 Å². The quantitative estimate of drug-likeness (QED) is 0.306. The molecule has 2 aliphatic rings. The molecule has 5 aromatic rings. The molecule has 0 spiro atoms. The van der Waals surface area contributed by atoms with E-state index in [0.717, 1.165) is 0 Å². The van der Waals surface area contributed by atoms with E-state index in [9.17, 15) is 0 Å². The van der Waals surface area contributed by atoms with Gasteiger partial charge in [-0.15, -0.1) is 34.4 Å². The lowest BCUT2D eigenvalue weighted by atomic mass is 9.86. The third-order valence-electron chi connectivity index (χ3n) is 5.41. The van der Waals surface area contributed by atoms with E-state index in [1.54, 1.807) is 32.5 Å². The summed E-state index contributed by atoms with van der Waals surface area (Å²) < 4.78 is 5.92. The van der Waals surface area contributed by atoms with Crippen molar-refractivity contribution in [3.05, 3.63) is 34.4 Å². The average molecular weight is 334 g/mol. The van der Waals surface area contributed by atoms with Gasteiger partial charge in [0.2, 0.25) is 0 Å². The summed E-state index contributed by atoms with van der Waals surface area (Å²) >= 11 is 6.05. The molecule has 0 N–H and O–H groups in total. The van der Waals surface area contributed by atoms with Crippen LogP contribution in [0.15, 0.2) is 29.2 Å². The molecule has 2 unspecified atom stereocenters. The second-order valence-electron chi connectivity index (χ2n) is 6.54. The molecule has 0 amide bonds. The molecule has 3 heterocycles. The molecule has 7 rings (SSSR count). The first-order valence-electron chi connectivity index (χ1n) is 7.65. The first-order valence-corrected chi connectivity index (χ1v) is 10.2. The standard InChI is InChI=1S/C19H10S3/c1-7-6-12-17-15-10(21-12)3-2-8-13(15)14-9(20-8)4-5-11-16(14)18(17)19(7)22-11/h2-7,19H,1H3. The molecular formula is C19H10S3. The molecule has 3 aromatic carbocycles. The van der Waals surface area contributed by atoms with Gasteiger partial charge < -0.3 is 0 Å². The minimum atomic E-state index is 0.620. The molecule has 0 saturated heterocycles. The highest BCUT2D eigenvalue weighted by molar-refractivity contribution is 8.00. The Morgan fingerprint density at radius 2 is 1.45 bits per heavy atom. The first-order chi connectivity index (χ1) is 10.8. The Bertz CT molecular complexity index is 1320. The van der Waals surface area contributed by atoms with E-state index >= 15 is 0 Å². The molecule has 2 atom stereocenters. The fourth-order valence-corrected chi connectivity index (χ4v) is 8.39. The van der Waals surface area contributed by atoms with Crippen molar-refractivity contribution < 1.29 is 0 Å². The average Bonchev–Trinajstić information content (AvgIpc) is 3.15. The van der Waals surface area contributed by atoms with E-state index in [0.29, 0.717) is 11.2 Å². The van der Waals surface area contributed by atoms with Crippen molar-refractivity contribution >= 4 is 81.5 Å². The maximum absolute atomic E-state index is 2.52. The number of rotatable bonds is 0. The van der Waals surface area contributed by atoms with Gasteiger partial charge in [0.25, 0.3) is 0 Å². The Morgan fingerprint density at radius 1 is 0.773 bits per heavy atom. The van der Waals surface area contributed by atoms with Crippen molar-refractivity contribution in [2.75, 3.05) is 0 Å². The lowest BCUT2D eigenvalue weighted by Gasteiger charge is -2.21. The van der Waals surface area contributed by atoms with Gasteiger partial charge in [0.15, 0.2) is 0 Å². The van der Waals surface area contributed by atoms with E-state index in [-0.39, 0.29) is 0 Å². The van der Waals surface area contributed by atoms with Crippen LogP contribution in [0.1, 0.15) is 17.7 Å². The molecule has 104 valence electrons. The van der Waals surface area contributed by atoms with Gasteiger partial charge >= 0.3 is 0 Å². The zero-order valence-corrected chi connectivity index (χ0v) is 14.2. The van der Waals surface area contributed by atoms with E-state index in [2.05, 4.69) is 49.0 Å². The summed E-state index contributed by atoms with van der Waals surface area (Å²) in [6, 6.07) is 9.40. The molecule has 0 nitrogen and oxygen atoms in total. The Morgan fingerprint density at radius 3 is 2.32 bits per heavy atom. The largest absolute Gasteiger partial charge is 0.135 e. The zero-order valence-electron chi connectivity index (χ0n) is 11.8. The van der Waals surface area contributed by atoms with E-state index < -0.39 is 0 Å². The molecule has 0 bridgehead atoms. The highest BCUT2D eigenvalue weighted by atomic mass is 32.2. The lowest BCUT2D eigenvalue weighted by Crippen LogP contribution is -2.13. The number of hydrogen-bond acceptors (Lipinski definition) is 3. The molecule has 0 fully saturated rings. The van der Waals surface area contributed by atoms with Crippen LogP contribution in [0.4, 0.5) is 0 Å². The van der Waals surface area contributed by atoms with Crippen molar-refractivity contribution in [3.8, 4) is 0 Å². The summed E-state index contributed by atoms with van der Waals surface area (Å²) in [5, 5.41) is 8.43. The van der Waals surface area contributed by atoms with Crippen LogP contribution < -0.4 is 4.53 Å². The van der Waals surface area contributed by atoms with Crippen LogP contribution in [-0.4, -0.2) is 0 Å². The number of hydrogen-bond donors (Lipinski definition) is 0. The summed E-state index contributed by atoms with van der Waals surface area (Å²) in [7, 11) is 0. The number of thioether (sulfide) groups is 1.